The highest BCUT2D eigenvalue weighted by molar-refractivity contribution is 6.00. The maximum Gasteiger partial charge on any atom is 0.179 e. The third kappa shape index (κ3) is 3.68. The molecular weight excluding hydrogens is 248 g/mol. The van der Waals surface area contributed by atoms with E-state index in [4.69, 9.17) is 5.73 Å². The van der Waals surface area contributed by atoms with Crippen LogP contribution in [0.5, 0.6) is 0 Å². The van der Waals surface area contributed by atoms with Gasteiger partial charge in [0.1, 0.15) is 0 Å². The van der Waals surface area contributed by atoms with Crippen molar-refractivity contribution >= 4 is 11.5 Å². The Balaban J connectivity index is 2.00. The van der Waals surface area contributed by atoms with Gasteiger partial charge in [0.05, 0.1) is 6.04 Å². The Morgan fingerprint density at radius 3 is 2.35 bits per heavy atom. The van der Waals surface area contributed by atoms with Crippen LogP contribution in [0.25, 0.3) is 0 Å². The molecule has 1 atom stereocenters. The lowest BCUT2D eigenvalue weighted by Gasteiger charge is -2.16. The van der Waals surface area contributed by atoms with Crippen molar-refractivity contribution in [1.29, 1.82) is 0 Å². The van der Waals surface area contributed by atoms with Gasteiger partial charge in [-0.25, -0.2) is 0 Å². The van der Waals surface area contributed by atoms with Crippen LogP contribution < -0.4 is 11.1 Å². The smallest absolute Gasteiger partial charge is 0.179 e. The Bertz CT molecular complexity index is 549. The number of carbonyl (C=O) groups is 1. The number of anilines is 1. The molecule has 0 fully saturated rings. The molecule has 0 bridgehead atoms. The molecular formula is C17H20N2O. The first-order chi connectivity index (χ1) is 9.70. The zero-order chi connectivity index (χ0) is 14.4. The van der Waals surface area contributed by atoms with Crippen LogP contribution in [0.2, 0.25) is 0 Å². The molecule has 0 aliphatic carbocycles. The molecule has 0 saturated heterocycles. The maximum atomic E-state index is 12.4. The van der Waals surface area contributed by atoms with Crippen LogP contribution in [0.4, 0.5) is 5.69 Å². The molecule has 1 unspecified atom stereocenters. The summed E-state index contributed by atoms with van der Waals surface area (Å²) in [6.45, 7) is 2.71. The minimum atomic E-state index is -0.168. The van der Waals surface area contributed by atoms with Gasteiger partial charge in [0.25, 0.3) is 0 Å². The number of benzene rings is 2. The summed E-state index contributed by atoms with van der Waals surface area (Å²) in [6.07, 6.45) is 0.760. The second kappa shape index (κ2) is 6.87. The second-order valence-corrected chi connectivity index (χ2v) is 4.81. The van der Waals surface area contributed by atoms with Crippen molar-refractivity contribution in [3.05, 3.63) is 65.7 Å². The SMILES string of the molecule is CCC(NCc1ccccc1)C(=O)c1ccc(N)cc1. The molecule has 0 spiro atoms. The first kappa shape index (κ1) is 14.3. The molecule has 3 nitrogen and oxygen atoms in total. The van der Waals surface area contributed by atoms with E-state index in [9.17, 15) is 4.79 Å². The Morgan fingerprint density at radius 1 is 1.10 bits per heavy atom. The lowest BCUT2D eigenvalue weighted by molar-refractivity contribution is 0.0939. The monoisotopic (exact) mass is 268 g/mol. The van der Waals surface area contributed by atoms with E-state index in [2.05, 4.69) is 5.32 Å². The third-order valence-electron chi connectivity index (χ3n) is 3.32. The van der Waals surface area contributed by atoms with Gasteiger partial charge in [-0.15, -0.1) is 0 Å². The topological polar surface area (TPSA) is 55.1 Å². The molecule has 2 aromatic carbocycles. The summed E-state index contributed by atoms with van der Waals surface area (Å²) in [5.74, 6) is 0.114. The van der Waals surface area contributed by atoms with Crippen molar-refractivity contribution in [2.45, 2.75) is 25.9 Å². The van der Waals surface area contributed by atoms with Gasteiger partial charge in [-0.3, -0.25) is 4.79 Å². The molecule has 0 aromatic heterocycles. The molecule has 0 aliphatic rings. The van der Waals surface area contributed by atoms with Crippen molar-refractivity contribution in [2.75, 3.05) is 5.73 Å². The number of nitrogens with one attached hydrogen (secondary N) is 1. The normalized spacial score (nSPS) is 12.1. The zero-order valence-electron chi connectivity index (χ0n) is 11.7. The van der Waals surface area contributed by atoms with E-state index < -0.39 is 0 Å². The van der Waals surface area contributed by atoms with Gasteiger partial charge in [0.15, 0.2) is 5.78 Å². The quantitative estimate of drug-likeness (QED) is 0.625. The van der Waals surface area contributed by atoms with E-state index in [1.54, 1.807) is 24.3 Å². The van der Waals surface area contributed by atoms with Gasteiger partial charge in [0, 0.05) is 17.8 Å². The molecule has 3 heteroatoms. The predicted molar refractivity (Wildman–Crippen MR) is 82.5 cm³/mol. The standard InChI is InChI=1S/C17H20N2O/c1-2-16(19-12-13-6-4-3-5-7-13)17(20)14-8-10-15(18)11-9-14/h3-11,16,19H,2,12,18H2,1H3. The Labute approximate surface area is 119 Å². The summed E-state index contributed by atoms with van der Waals surface area (Å²) >= 11 is 0. The summed E-state index contributed by atoms with van der Waals surface area (Å²) in [4.78, 5) is 12.4. The van der Waals surface area contributed by atoms with Crippen molar-refractivity contribution in [1.82, 2.24) is 5.32 Å². The predicted octanol–water partition coefficient (Wildman–Crippen LogP) is 3.02. The molecule has 0 saturated carbocycles. The second-order valence-electron chi connectivity index (χ2n) is 4.81. The van der Waals surface area contributed by atoms with Crippen molar-refractivity contribution in [3.8, 4) is 0 Å². The average Bonchev–Trinajstić information content (AvgIpc) is 2.49. The maximum absolute atomic E-state index is 12.4. The fourth-order valence-corrected chi connectivity index (χ4v) is 2.11. The Morgan fingerprint density at radius 2 is 1.75 bits per heavy atom. The molecule has 2 aromatic rings. The number of carbonyl (C=O) groups excluding carboxylic acids is 1. The highest BCUT2D eigenvalue weighted by Gasteiger charge is 2.17. The molecule has 2 rings (SSSR count). The van der Waals surface area contributed by atoms with Gasteiger partial charge in [-0.05, 0) is 36.2 Å². The number of hydrogen-bond donors (Lipinski definition) is 2. The van der Waals surface area contributed by atoms with Crippen molar-refractivity contribution < 1.29 is 4.79 Å². The van der Waals surface area contributed by atoms with Crippen LogP contribution in [0.3, 0.4) is 0 Å². The van der Waals surface area contributed by atoms with Crippen LogP contribution in [0.1, 0.15) is 29.3 Å². The van der Waals surface area contributed by atoms with Crippen molar-refractivity contribution in [3.63, 3.8) is 0 Å². The minimum absolute atomic E-state index is 0.114. The Kier molecular flexibility index (Phi) is 4.91. The highest BCUT2D eigenvalue weighted by atomic mass is 16.1. The van der Waals surface area contributed by atoms with Crippen LogP contribution >= 0.6 is 0 Å². The number of hydrogen-bond acceptors (Lipinski definition) is 3. The molecule has 104 valence electrons. The third-order valence-corrected chi connectivity index (χ3v) is 3.32. The molecule has 20 heavy (non-hydrogen) atoms. The highest BCUT2D eigenvalue weighted by Crippen LogP contribution is 2.10. The van der Waals surface area contributed by atoms with Gasteiger partial charge in [-0.1, -0.05) is 37.3 Å². The van der Waals surface area contributed by atoms with E-state index >= 15 is 0 Å². The number of Topliss-reactive ketones (excluding diaryl/α,β-unsaturated/α-hetero) is 1. The van der Waals surface area contributed by atoms with Crippen molar-refractivity contribution in [2.24, 2.45) is 0 Å². The largest absolute Gasteiger partial charge is 0.399 e. The van der Waals surface area contributed by atoms with Crippen LogP contribution in [0.15, 0.2) is 54.6 Å². The summed E-state index contributed by atoms with van der Waals surface area (Å²) < 4.78 is 0. The molecule has 0 amide bonds. The van der Waals surface area contributed by atoms with Gasteiger partial charge < -0.3 is 11.1 Å². The first-order valence-corrected chi connectivity index (χ1v) is 6.87. The summed E-state index contributed by atoms with van der Waals surface area (Å²) in [5, 5.41) is 3.32. The van der Waals surface area contributed by atoms with Gasteiger partial charge in [0.2, 0.25) is 0 Å². The van der Waals surface area contributed by atoms with E-state index in [-0.39, 0.29) is 11.8 Å². The molecule has 0 heterocycles. The average molecular weight is 268 g/mol. The lowest BCUT2D eigenvalue weighted by atomic mass is 10.0. The lowest BCUT2D eigenvalue weighted by Crippen LogP contribution is -2.35. The summed E-state index contributed by atoms with van der Waals surface area (Å²) in [5.41, 5.74) is 8.19. The van der Waals surface area contributed by atoms with Crippen LogP contribution in [-0.4, -0.2) is 11.8 Å². The number of nitrogen functional groups attached to an aromatic ring is 1. The Hall–Kier alpha value is -2.13. The van der Waals surface area contributed by atoms with Crippen LogP contribution in [0, 0.1) is 0 Å². The number of ketones is 1. The van der Waals surface area contributed by atoms with E-state index in [1.807, 2.05) is 37.3 Å². The molecule has 0 radical (unpaired) electrons. The number of nitrogens with two attached hydrogens (primary N) is 1. The fraction of sp³-hybridized carbons (Fsp3) is 0.235. The fourth-order valence-electron chi connectivity index (χ4n) is 2.11. The molecule has 0 aliphatic heterocycles. The van der Waals surface area contributed by atoms with Gasteiger partial charge >= 0.3 is 0 Å². The molecule has 3 N–H and O–H groups in total. The number of rotatable bonds is 6. The van der Waals surface area contributed by atoms with E-state index in [1.165, 1.54) is 5.56 Å². The van der Waals surface area contributed by atoms with E-state index in [0.717, 1.165) is 6.42 Å². The van der Waals surface area contributed by atoms with E-state index in [0.29, 0.717) is 17.8 Å². The van der Waals surface area contributed by atoms with Crippen LogP contribution in [-0.2, 0) is 6.54 Å². The summed E-state index contributed by atoms with van der Waals surface area (Å²) in [6, 6.07) is 17.0. The van der Waals surface area contributed by atoms with Gasteiger partial charge in [-0.2, -0.15) is 0 Å². The first-order valence-electron chi connectivity index (χ1n) is 6.87. The zero-order valence-corrected chi connectivity index (χ0v) is 11.7. The minimum Gasteiger partial charge on any atom is -0.399 e. The summed E-state index contributed by atoms with van der Waals surface area (Å²) in [7, 11) is 0.